The van der Waals surface area contributed by atoms with Crippen molar-refractivity contribution >= 4 is 17.5 Å². The lowest BCUT2D eigenvalue weighted by molar-refractivity contribution is 0.0914. The first-order chi connectivity index (χ1) is 8.69. The third-order valence-corrected chi connectivity index (χ3v) is 2.76. The highest BCUT2D eigenvalue weighted by atomic mass is 35.5. The molecular formula is C13H13ClN2O2. The molecule has 0 radical (unpaired) electrons. The van der Waals surface area contributed by atoms with E-state index in [1.54, 1.807) is 13.0 Å². The van der Waals surface area contributed by atoms with Gasteiger partial charge in [0.05, 0.1) is 5.69 Å². The van der Waals surface area contributed by atoms with Crippen molar-refractivity contribution in [1.82, 2.24) is 10.5 Å². The number of halogens is 1. The summed E-state index contributed by atoms with van der Waals surface area (Å²) in [5.41, 5.74) is 2.71. The highest BCUT2D eigenvalue weighted by molar-refractivity contribution is 6.17. The van der Waals surface area contributed by atoms with Crippen LogP contribution in [0.4, 0.5) is 0 Å². The van der Waals surface area contributed by atoms with E-state index in [2.05, 4.69) is 10.5 Å². The lowest BCUT2D eigenvalue weighted by atomic mass is 10.1. The number of rotatable bonds is 4. The second-order valence-electron chi connectivity index (χ2n) is 3.97. The number of hydrogen-bond acceptors (Lipinski definition) is 3. The summed E-state index contributed by atoms with van der Waals surface area (Å²) in [6.07, 6.45) is 0. The molecule has 2 aromatic rings. The van der Waals surface area contributed by atoms with Crippen LogP contribution >= 0.6 is 11.6 Å². The Morgan fingerprint density at radius 2 is 2.17 bits per heavy atom. The summed E-state index contributed by atoms with van der Waals surface area (Å²) >= 11 is 5.75. The van der Waals surface area contributed by atoms with Gasteiger partial charge in [-0.05, 0) is 18.1 Å². The van der Waals surface area contributed by atoms with Gasteiger partial charge in [0.2, 0.25) is 5.76 Å². The minimum atomic E-state index is -0.271. The number of aromatic nitrogens is 1. The Balaban J connectivity index is 1.97. The summed E-state index contributed by atoms with van der Waals surface area (Å²) in [5.74, 6) is 0.413. The zero-order valence-corrected chi connectivity index (χ0v) is 10.7. The van der Waals surface area contributed by atoms with E-state index >= 15 is 0 Å². The number of carbonyl (C=O) groups is 1. The van der Waals surface area contributed by atoms with Gasteiger partial charge in [0.25, 0.3) is 5.91 Å². The fraction of sp³-hybridized carbons (Fsp3) is 0.231. The number of alkyl halides is 1. The van der Waals surface area contributed by atoms with E-state index in [0.717, 1.165) is 11.1 Å². The van der Waals surface area contributed by atoms with Crippen LogP contribution in [0.25, 0.3) is 0 Å². The van der Waals surface area contributed by atoms with Crippen molar-refractivity contribution in [3.8, 4) is 0 Å². The molecule has 1 amide bonds. The van der Waals surface area contributed by atoms with E-state index < -0.39 is 0 Å². The van der Waals surface area contributed by atoms with Gasteiger partial charge in [0.1, 0.15) is 0 Å². The van der Waals surface area contributed by atoms with Crippen molar-refractivity contribution in [1.29, 1.82) is 0 Å². The summed E-state index contributed by atoms with van der Waals surface area (Å²) in [6.45, 7) is 2.20. The van der Waals surface area contributed by atoms with Crippen LogP contribution in [0, 0.1) is 6.92 Å². The van der Waals surface area contributed by atoms with Gasteiger partial charge in [0.15, 0.2) is 0 Å². The molecule has 1 N–H and O–H groups in total. The molecule has 0 atom stereocenters. The van der Waals surface area contributed by atoms with E-state index in [1.165, 1.54) is 0 Å². The number of amides is 1. The van der Waals surface area contributed by atoms with E-state index in [-0.39, 0.29) is 11.7 Å². The number of nitrogens with zero attached hydrogens (tertiary/aromatic N) is 1. The van der Waals surface area contributed by atoms with Crippen LogP contribution in [-0.2, 0) is 12.4 Å². The Morgan fingerprint density at radius 1 is 1.39 bits per heavy atom. The highest BCUT2D eigenvalue weighted by Gasteiger charge is 2.10. The summed E-state index contributed by atoms with van der Waals surface area (Å²) < 4.78 is 4.88. The van der Waals surface area contributed by atoms with Gasteiger partial charge in [-0.2, -0.15) is 0 Å². The van der Waals surface area contributed by atoms with Gasteiger partial charge in [-0.25, -0.2) is 0 Å². The summed E-state index contributed by atoms with van der Waals surface area (Å²) in [5, 5.41) is 6.43. The maximum atomic E-state index is 11.7. The fourth-order valence-electron chi connectivity index (χ4n) is 1.56. The maximum Gasteiger partial charge on any atom is 0.290 e. The Bertz CT molecular complexity index is 551. The summed E-state index contributed by atoms with van der Waals surface area (Å²) in [7, 11) is 0. The molecule has 1 heterocycles. The normalized spacial score (nSPS) is 10.3. The average molecular weight is 265 g/mol. The number of hydrogen-bond donors (Lipinski definition) is 1. The van der Waals surface area contributed by atoms with Gasteiger partial charge in [-0.3, -0.25) is 4.79 Å². The van der Waals surface area contributed by atoms with Gasteiger partial charge in [-0.1, -0.05) is 29.4 Å². The summed E-state index contributed by atoms with van der Waals surface area (Å²) in [4.78, 5) is 11.7. The molecule has 0 aliphatic rings. The van der Waals surface area contributed by atoms with Crippen LogP contribution in [0.5, 0.6) is 0 Å². The molecule has 1 aromatic heterocycles. The van der Waals surface area contributed by atoms with E-state index in [9.17, 15) is 4.79 Å². The second-order valence-corrected chi connectivity index (χ2v) is 4.24. The molecular weight excluding hydrogens is 252 g/mol. The number of nitrogens with one attached hydrogen (secondary N) is 1. The topological polar surface area (TPSA) is 55.1 Å². The van der Waals surface area contributed by atoms with E-state index in [1.807, 2.05) is 24.3 Å². The minimum Gasteiger partial charge on any atom is -0.351 e. The average Bonchev–Trinajstić information content (AvgIpc) is 2.83. The fourth-order valence-corrected chi connectivity index (χ4v) is 1.73. The molecule has 5 heteroatoms. The molecule has 0 fully saturated rings. The zero-order chi connectivity index (χ0) is 13.0. The van der Waals surface area contributed by atoms with Gasteiger partial charge < -0.3 is 9.84 Å². The van der Waals surface area contributed by atoms with Gasteiger partial charge in [0, 0.05) is 18.5 Å². The van der Waals surface area contributed by atoms with Crippen molar-refractivity contribution in [2.75, 3.05) is 0 Å². The molecule has 0 unspecified atom stereocenters. The minimum absolute atomic E-state index is 0.223. The van der Waals surface area contributed by atoms with Crippen LogP contribution in [-0.4, -0.2) is 11.1 Å². The molecule has 0 aliphatic carbocycles. The van der Waals surface area contributed by atoms with E-state index in [4.69, 9.17) is 16.1 Å². The van der Waals surface area contributed by atoms with E-state index in [0.29, 0.717) is 18.1 Å². The van der Waals surface area contributed by atoms with Gasteiger partial charge in [-0.15, -0.1) is 11.6 Å². The Morgan fingerprint density at radius 3 is 2.83 bits per heavy atom. The predicted octanol–water partition coefficient (Wildman–Crippen LogP) is 2.65. The number of aryl methyl sites for hydroxylation is 1. The molecule has 2 rings (SSSR count). The lowest BCUT2D eigenvalue weighted by Gasteiger charge is -2.04. The molecule has 0 saturated heterocycles. The van der Waals surface area contributed by atoms with Crippen LogP contribution in [0.3, 0.4) is 0 Å². The van der Waals surface area contributed by atoms with Crippen molar-refractivity contribution in [3.63, 3.8) is 0 Å². The molecule has 1 aromatic carbocycles. The largest absolute Gasteiger partial charge is 0.351 e. The maximum absolute atomic E-state index is 11.7. The first kappa shape index (κ1) is 12.6. The third kappa shape index (κ3) is 3.11. The first-order valence-corrected chi connectivity index (χ1v) is 6.08. The van der Waals surface area contributed by atoms with Crippen LogP contribution < -0.4 is 5.32 Å². The molecule has 0 bridgehead atoms. The number of carbonyl (C=O) groups excluding carboxylic acids is 1. The van der Waals surface area contributed by atoms with Crippen molar-refractivity contribution in [2.45, 2.75) is 19.3 Å². The first-order valence-electron chi connectivity index (χ1n) is 5.54. The molecule has 18 heavy (non-hydrogen) atoms. The molecule has 94 valence electrons. The van der Waals surface area contributed by atoms with Crippen LogP contribution in [0.2, 0.25) is 0 Å². The van der Waals surface area contributed by atoms with Crippen molar-refractivity contribution < 1.29 is 9.32 Å². The van der Waals surface area contributed by atoms with Crippen LogP contribution in [0.15, 0.2) is 34.9 Å². The quantitative estimate of drug-likeness (QED) is 0.864. The standard InChI is InChI=1S/C13H13ClN2O2/c1-9-5-12(18-16-9)13(17)15-8-11-4-2-3-10(6-11)7-14/h2-6H,7-8H2,1H3,(H,15,17). The third-order valence-electron chi connectivity index (χ3n) is 2.45. The van der Waals surface area contributed by atoms with Crippen LogP contribution in [0.1, 0.15) is 27.4 Å². The Labute approximate surface area is 110 Å². The molecule has 0 aliphatic heterocycles. The monoisotopic (exact) mass is 264 g/mol. The Kier molecular flexibility index (Phi) is 3.99. The predicted molar refractivity (Wildman–Crippen MR) is 68.4 cm³/mol. The molecule has 0 saturated carbocycles. The SMILES string of the molecule is Cc1cc(C(=O)NCc2cccc(CCl)c2)on1. The summed E-state index contributed by atoms with van der Waals surface area (Å²) in [6, 6.07) is 9.35. The highest BCUT2D eigenvalue weighted by Crippen LogP contribution is 2.08. The molecule has 4 nitrogen and oxygen atoms in total. The van der Waals surface area contributed by atoms with Crippen molar-refractivity contribution in [2.24, 2.45) is 0 Å². The second kappa shape index (κ2) is 5.69. The number of benzene rings is 1. The zero-order valence-electron chi connectivity index (χ0n) is 9.94. The Hall–Kier alpha value is -1.81. The lowest BCUT2D eigenvalue weighted by Crippen LogP contribution is -2.22. The van der Waals surface area contributed by atoms with Gasteiger partial charge >= 0.3 is 0 Å². The van der Waals surface area contributed by atoms with Crippen molar-refractivity contribution in [3.05, 3.63) is 52.9 Å². The molecule has 0 spiro atoms. The smallest absolute Gasteiger partial charge is 0.290 e.